The van der Waals surface area contributed by atoms with Crippen LogP contribution in [0, 0.1) is 0 Å². The van der Waals surface area contributed by atoms with E-state index in [1.807, 2.05) is 42.5 Å². The summed E-state index contributed by atoms with van der Waals surface area (Å²) in [6, 6.07) is 18.2. The van der Waals surface area contributed by atoms with Crippen molar-refractivity contribution in [2.75, 3.05) is 6.54 Å². The monoisotopic (exact) mass is 279 g/mol. The highest BCUT2D eigenvalue weighted by Gasteiger charge is 2.06. The lowest BCUT2D eigenvalue weighted by Crippen LogP contribution is -2.03. The van der Waals surface area contributed by atoms with E-state index in [1.54, 1.807) is 4.80 Å². The summed E-state index contributed by atoms with van der Waals surface area (Å²) in [6.07, 6.45) is 0.883. The van der Waals surface area contributed by atoms with E-state index in [0.717, 1.165) is 17.5 Å². The molecule has 106 valence electrons. The maximum absolute atomic E-state index is 5.55. The summed E-state index contributed by atoms with van der Waals surface area (Å²) in [5.74, 6) is 0.644. The average Bonchev–Trinajstić information content (AvgIpc) is 2.98. The van der Waals surface area contributed by atoms with E-state index >= 15 is 0 Å². The Kier molecular flexibility index (Phi) is 4.02. The van der Waals surface area contributed by atoms with Crippen LogP contribution in [0.3, 0.4) is 0 Å². The Morgan fingerprint density at radius 2 is 1.67 bits per heavy atom. The number of nitrogens with two attached hydrogens (primary N) is 1. The minimum Gasteiger partial charge on any atom is -0.330 e. The Hall–Kier alpha value is -2.53. The summed E-state index contributed by atoms with van der Waals surface area (Å²) in [7, 11) is 0. The zero-order valence-electron chi connectivity index (χ0n) is 11.7. The van der Waals surface area contributed by atoms with Gasteiger partial charge < -0.3 is 5.73 Å². The zero-order valence-corrected chi connectivity index (χ0v) is 11.7. The van der Waals surface area contributed by atoms with Gasteiger partial charge in [0.25, 0.3) is 0 Å². The highest BCUT2D eigenvalue weighted by molar-refractivity contribution is 5.54. The average molecular weight is 279 g/mol. The molecule has 0 unspecified atom stereocenters. The van der Waals surface area contributed by atoms with Crippen molar-refractivity contribution in [1.82, 2.24) is 20.2 Å². The normalized spacial score (nSPS) is 10.7. The van der Waals surface area contributed by atoms with E-state index in [9.17, 15) is 0 Å². The molecule has 21 heavy (non-hydrogen) atoms. The van der Waals surface area contributed by atoms with E-state index in [2.05, 4.69) is 27.5 Å². The molecule has 3 aromatic rings. The van der Waals surface area contributed by atoms with E-state index in [0.29, 0.717) is 18.9 Å². The lowest BCUT2D eigenvalue weighted by atomic mass is 10.1. The molecular weight excluding hydrogens is 262 g/mol. The second kappa shape index (κ2) is 6.28. The van der Waals surface area contributed by atoms with Gasteiger partial charge in [0.15, 0.2) is 0 Å². The van der Waals surface area contributed by atoms with Crippen molar-refractivity contribution in [1.29, 1.82) is 0 Å². The van der Waals surface area contributed by atoms with E-state index in [-0.39, 0.29) is 0 Å². The predicted molar refractivity (Wildman–Crippen MR) is 81.6 cm³/mol. The molecule has 0 bridgehead atoms. The predicted octanol–water partition coefficient (Wildman–Crippen LogP) is 1.89. The van der Waals surface area contributed by atoms with Crippen molar-refractivity contribution in [3.8, 4) is 11.4 Å². The fourth-order valence-corrected chi connectivity index (χ4v) is 2.16. The quantitative estimate of drug-likeness (QED) is 0.774. The highest BCUT2D eigenvalue weighted by Crippen LogP contribution is 2.15. The van der Waals surface area contributed by atoms with Gasteiger partial charge in [0.1, 0.15) is 0 Å². The molecular formula is C16H17N5. The largest absolute Gasteiger partial charge is 0.330 e. The first-order valence-electron chi connectivity index (χ1n) is 6.96. The first kappa shape index (κ1) is 13.5. The van der Waals surface area contributed by atoms with Crippen molar-refractivity contribution in [2.24, 2.45) is 5.73 Å². The third kappa shape index (κ3) is 3.32. The SMILES string of the molecule is NCCc1ccc(-c2nnn(Cc3ccccc3)n2)cc1. The Labute approximate surface area is 123 Å². The zero-order chi connectivity index (χ0) is 14.5. The molecule has 1 heterocycles. The molecule has 2 N–H and O–H groups in total. The summed E-state index contributed by atoms with van der Waals surface area (Å²) in [6.45, 7) is 1.28. The van der Waals surface area contributed by atoms with Gasteiger partial charge in [0, 0.05) is 5.56 Å². The van der Waals surface area contributed by atoms with Gasteiger partial charge in [-0.05, 0) is 29.3 Å². The standard InChI is InChI=1S/C16H17N5/c17-11-10-13-6-8-15(9-7-13)16-18-20-21(19-16)12-14-4-2-1-3-5-14/h1-9H,10-12,17H2. The van der Waals surface area contributed by atoms with Crippen molar-refractivity contribution in [3.63, 3.8) is 0 Å². The second-order valence-corrected chi connectivity index (χ2v) is 4.86. The molecule has 0 fully saturated rings. The fourth-order valence-electron chi connectivity index (χ4n) is 2.16. The second-order valence-electron chi connectivity index (χ2n) is 4.86. The van der Waals surface area contributed by atoms with Crippen LogP contribution < -0.4 is 5.73 Å². The lowest BCUT2D eigenvalue weighted by molar-refractivity contribution is 0.573. The highest BCUT2D eigenvalue weighted by atomic mass is 15.6. The third-order valence-corrected chi connectivity index (χ3v) is 3.26. The van der Waals surface area contributed by atoms with Crippen LogP contribution in [0.25, 0.3) is 11.4 Å². The van der Waals surface area contributed by atoms with Crippen LogP contribution in [-0.4, -0.2) is 26.8 Å². The Morgan fingerprint density at radius 3 is 2.38 bits per heavy atom. The Bertz CT molecular complexity index is 688. The molecule has 0 radical (unpaired) electrons. The van der Waals surface area contributed by atoms with Gasteiger partial charge >= 0.3 is 0 Å². The third-order valence-electron chi connectivity index (χ3n) is 3.26. The first-order valence-corrected chi connectivity index (χ1v) is 6.96. The minimum atomic E-state index is 0.624. The fraction of sp³-hybridized carbons (Fsp3) is 0.188. The number of tetrazole rings is 1. The van der Waals surface area contributed by atoms with Crippen molar-refractivity contribution in [3.05, 3.63) is 65.7 Å². The summed E-state index contributed by atoms with van der Waals surface area (Å²) >= 11 is 0. The van der Waals surface area contributed by atoms with Gasteiger partial charge in [-0.2, -0.15) is 4.80 Å². The van der Waals surface area contributed by atoms with Gasteiger partial charge in [-0.15, -0.1) is 10.2 Å². The van der Waals surface area contributed by atoms with Crippen molar-refractivity contribution in [2.45, 2.75) is 13.0 Å². The van der Waals surface area contributed by atoms with E-state index in [1.165, 1.54) is 5.56 Å². The van der Waals surface area contributed by atoms with E-state index < -0.39 is 0 Å². The molecule has 5 heteroatoms. The number of benzene rings is 2. The summed E-state index contributed by atoms with van der Waals surface area (Å²) in [4.78, 5) is 1.61. The van der Waals surface area contributed by atoms with E-state index in [4.69, 9.17) is 5.73 Å². The van der Waals surface area contributed by atoms with Gasteiger partial charge in [-0.1, -0.05) is 54.6 Å². The molecule has 5 nitrogen and oxygen atoms in total. The molecule has 0 saturated heterocycles. The lowest BCUT2D eigenvalue weighted by Gasteiger charge is -2.00. The number of rotatable bonds is 5. The van der Waals surface area contributed by atoms with Crippen LogP contribution in [0.15, 0.2) is 54.6 Å². The maximum Gasteiger partial charge on any atom is 0.204 e. The van der Waals surface area contributed by atoms with Crippen LogP contribution >= 0.6 is 0 Å². The molecule has 0 atom stereocenters. The molecule has 0 amide bonds. The number of hydrogen-bond donors (Lipinski definition) is 1. The van der Waals surface area contributed by atoms with Crippen molar-refractivity contribution < 1.29 is 0 Å². The van der Waals surface area contributed by atoms with Crippen LogP contribution in [0.2, 0.25) is 0 Å². The van der Waals surface area contributed by atoms with Crippen LogP contribution in [0.5, 0.6) is 0 Å². The summed E-state index contributed by atoms with van der Waals surface area (Å²) < 4.78 is 0. The maximum atomic E-state index is 5.55. The van der Waals surface area contributed by atoms with Crippen LogP contribution in [0.4, 0.5) is 0 Å². The Balaban J connectivity index is 1.75. The molecule has 0 spiro atoms. The number of nitrogens with zero attached hydrogens (tertiary/aromatic N) is 4. The smallest absolute Gasteiger partial charge is 0.204 e. The molecule has 0 aliphatic rings. The van der Waals surface area contributed by atoms with Gasteiger partial charge in [0.2, 0.25) is 5.82 Å². The number of aromatic nitrogens is 4. The van der Waals surface area contributed by atoms with Gasteiger partial charge in [-0.25, -0.2) is 0 Å². The minimum absolute atomic E-state index is 0.624. The van der Waals surface area contributed by atoms with Crippen LogP contribution in [-0.2, 0) is 13.0 Å². The molecule has 0 aliphatic carbocycles. The molecule has 2 aromatic carbocycles. The number of hydrogen-bond acceptors (Lipinski definition) is 4. The summed E-state index contributed by atoms with van der Waals surface area (Å²) in [5, 5.41) is 12.6. The molecule has 3 rings (SSSR count). The summed E-state index contributed by atoms with van der Waals surface area (Å²) in [5.41, 5.74) is 8.89. The van der Waals surface area contributed by atoms with Gasteiger partial charge in [0.05, 0.1) is 6.54 Å². The molecule has 1 aromatic heterocycles. The van der Waals surface area contributed by atoms with Gasteiger partial charge in [-0.3, -0.25) is 0 Å². The first-order chi connectivity index (χ1) is 10.3. The molecule has 0 saturated carbocycles. The Morgan fingerprint density at radius 1 is 0.905 bits per heavy atom. The van der Waals surface area contributed by atoms with Crippen molar-refractivity contribution >= 4 is 0 Å². The van der Waals surface area contributed by atoms with Crippen LogP contribution in [0.1, 0.15) is 11.1 Å². The topological polar surface area (TPSA) is 69.6 Å². The molecule has 0 aliphatic heterocycles.